The van der Waals surface area contributed by atoms with Gasteiger partial charge in [-0.25, -0.2) is 0 Å². The van der Waals surface area contributed by atoms with E-state index in [9.17, 15) is 4.79 Å². The SMILES string of the molecule is CCC(=CC(=O)NCC[NH3+])CC.[Cl-]. The zero-order chi connectivity index (χ0) is 9.40. The smallest absolute Gasteiger partial charge is 0.244 e. The molecule has 0 heterocycles. The fourth-order valence-electron chi connectivity index (χ4n) is 0.902. The first-order chi connectivity index (χ1) is 5.74. The molecular weight excluding hydrogens is 188 g/mol. The highest BCUT2D eigenvalue weighted by atomic mass is 35.5. The second kappa shape index (κ2) is 9.55. The summed E-state index contributed by atoms with van der Waals surface area (Å²) in [6.07, 6.45) is 3.60. The molecule has 0 aromatic rings. The Morgan fingerprint density at radius 1 is 1.38 bits per heavy atom. The van der Waals surface area contributed by atoms with E-state index in [2.05, 4.69) is 24.9 Å². The number of hydrogen-bond acceptors (Lipinski definition) is 1. The van der Waals surface area contributed by atoms with Crippen molar-refractivity contribution in [3.8, 4) is 0 Å². The zero-order valence-corrected chi connectivity index (χ0v) is 9.16. The van der Waals surface area contributed by atoms with E-state index in [1.807, 2.05) is 0 Å². The Balaban J connectivity index is 0. The van der Waals surface area contributed by atoms with Crippen molar-refractivity contribution < 1.29 is 22.9 Å². The van der Waals surface area contributed by atoms with Crippen molar-refractivity contribution in [1.82, 2.24) is 5.32 Å². The molecule has 0 saturated carbocycles. The fourth-order valence-corrected chi connectivity index (χ4v) is 0.902. The lowest BCUT2D eigenvalue weighted by molar-refractivity contribution is -0.364. The van der Waals surface area contributed by atoms with Crippen molar-refractivity contribution in [2.75, 3.05) is 13.1 Å². The van der Waals surface area contributed by atoms with E-state index < -0.39 is 0 Å². The van der Waals surface area contributed by atoms with Gasteiger partial charge in [0.15, 0.2) is 0 Å². The maximum atomic E-state index is 11.1. The van der Waals surface area contributed by atoms with Crippen molar-refractivity contribution in [1.29, 1.82) is 0 Å². The third-order valence-corrected chi connectivity index (χ3v) is 1.72. The summed E-state index contributed by atoms with van der Waals surface area (Å²) < 4.78 is 0. The van der Waals surface area contributed by atoms with Gasteiger partial charge < -0.3 is 23.5 Å². The lowest BCUT2D eigenvalue weighted by Crippen LogP contribution is -3.00. The van der Waals surface area contributed by atoms with Gasteiger partial charge in [0.05, 0.1) is 13.1 Å². The second-order valence-electron chi connectivity index (χ2n) is 2.65. The molecule has 0 atom stereocenters. The van der Waals surface area contributed by atoms with Crippen LogP contribution in [0.4, 0.5) is 0 Å². The average Bonchev–Trinajstić information content (AvgIpc) is 2.10. The van der Waals surface area contributed by atoms with Crippen LogP contribution >= 0.6 is 0 Å². The monoisotopic (exact) mass is 206 g/mol. The van der Waals surface area contributed by atoms with Crippen molar-refractivity contribution in [3.05, 3.63) is 11.6 Å². The van der Waals surface area contributed by atoms with Crippen LogP contribution in [0.3, 0.4) is 0 Å². The minimum absolute atomic E-state index is 0. The van der Waals surface area contributed by atoms with Gasteiger partial charge in [0, 0.05) is 6.08 Å². The fraction of sp³-hybridized carbons (Fsp3) is 0.667. The quantitative estimate of drug-likeness (QED) is 0.466. The summed E-state index contributed by atoms with van der Waals surface area (Å²) in [6.45, 7) is 5.52. The molecule has 0 aromatic carbocycles. The standard InChI is InChI=1S/C9H18N2O.ClH/c1-3-8(4-2)7-9(12)11-6-5-10;/h7H,3-6,10H2,1-2H3,(H,11,12);1H. The molecule has 0 unspecified atom stereocenters. The molecule has 0 saturated heterocycles. The van der Waals surface area contributed by atoms with Crippen LogP contribution in [0.15, 0.2) is 11.6 Å². The highest BCUT2D eigenvalue weighted by Gasteiger charge is 1.97. The van der Waals surface area contributed by atoms with Crippen molar-refractivity contribution in [3.63, 3.8) is 0 Å². The minimum atomic E-state index is 0. The molecule has 13 heavy (non-hydrogen) atoms. The molecule has 0 rings (SSSR count). The third kappa shape index (κ3) is 7.81. The molecule has 0 spiro atoms. The first-order valence-corrected chi connectivity index (χ1v) is 4.51. The molecule has 3 nitrogen and oxygen atoms in total. The van der Waals surface area contributed by atoms with Crippen molar-refractivity contribution in [2.24, 2.45) is 0 Å². The van der Waals surface area contributed by atoms with Gasteiger partial charge in [-0.15, -0.1) is 0 Å². The van der Waals surface area contributed by atoms with Gasteiger partial charge in [0.25, 0.3) is 0 Å². The summed E-state index contributed by atoms with van der Waals surface area (Å²) in [5.41, 5.74) is 4.83. The number of hydrogen-bond donors (Lipinski definition) is 2. The van der Waals surface area contributed by atoms with Crippen LogP contribution in [0.1, 0.15) is 26.7 Å². The normalized spacial score (nSPS) is 8.54. The van der Waals surface area contributed by atoms with E-state index >= 15 is 0 Å². The highest BCUT2D eigenvalue weighted by Crippen LogP contribution is 2.03. The lowest BCUT2D eigenvalue weighted by atomic mass is 10.1. The summed E-state index contributed by atoms with van der Waals surface area (Å²) in [4.78, 5) is 11.1. The number of rotatable bonds is 5. The third-order valence-electron chi connectivity index (χ3n) is 1.72. The maximum absolute atomic E-state index is 11.1. The summed E-state index contributed by atoms with van der Waals surface area (Å²) in [7, 11) is 0. The van der Waals surface area contributed by atoms with Crippen LogP contribution < -0.4 is 23.5 Å². The Labute approximate surface area is 86.2 Å². The Morgan fingerprint density at radius 2 is 1.92 bits per heavy atom. The molecular formula is C9H19ClN2O. The number of halogens is 1. The van der Waals surface area contributed by atoms with E-state index in [1.165, 1.54) is 5.57 Å². The van der Waals surface area contributed by atoms with Crippen LogP contribution in [0, 0.1) is 0 Å². The summed E-state index contributed by atoms with van der Waals surface area (Å²) in [5, 5.41) is 2.75. The molecule has 0 aliphatic heterocycles. The van der Waals surface area contributed by atoms with Crippen LogP contribution in [0.5, 0.6) is 0 Å². The predicted octanol–water partition coefficient (Wildman–Crippen LogP) is -2.91. The molecule has 4 N–H and O–H groups in total. The Kier molecular flexibility index (Phi) is 11.0. The van der Waals surface area contributed by atoms with E-state index in [4.69, 9.17) is 0 Å². The highest BCUT2D eigenvalue weighted by molar-refractivity contribution is 5.88. The minimum Gasteiger partial charge on any atom is -1.00 e. The number of carbonyl (C=O) groups excluding carboxylic acids is 1. The van der Waals surface area contributed by atoms with Crippen molar-refractivity contribution in [2.45, 2.75) is 26.7 Å². The van der Waals surface area contributed by atoms with E-state index in [-0.39, 0.29) is 18.3 Å². The molecule has 0 aliphatic rings. The van der Waals surface area contributed by atoms with Gasteiger partial charge >= 0.3 is 0 Å². The first-order valence-electron chi connectivity index (χ1n) is 4.51. The van der Waals surface area contributed by atoms with Crippen LogP contribution in [0.25, 0.3) is 0 Å². The molecule has 0 bridgehead atoms. The lowest BCUT2D eigenvalue weighted by Gasteiger charge is -2.00. The number of quaternary nitrogens is 1. The van der Waals surface area contributed by atoms with Gasteiger partial charge in [-0.05, 0) is 12.8 Å². The van der Waals surface area contributed by atoms with Gasteiger partial charge in [-0.2, -0.15) is 0 Å². The number of amides is 1. The van der Waals surface area contributed by atoms with E-state index in [1.54, 1.807) is 6.08 Å². The average molecular weight is 207 g/mol. The Morgan fingerprint density at radius 3 is 2.31 bits per heavy atom. The van der Waals surface area contributed by atoms with E-state index in [0.29, 0.717) is 6.54 Å². The molecule has 0 aromatic heterocycles. The number of allylic oxidation sites excluding steroid dienone is 1. The molecule has 1 amide bonds. The Hall–Kier alpha value is -0.540. The molecule has 78 valence electrons. The topological polar surface area (TPSA) is 56.7 Å². The summed E-state index contributed by atoms with van der Waals surface area (Å²) >= 11 is 0. The first kappa shape index (κ1) is 15.0. The van der Waals surface area contributed by atoms with Crippen LogP contribution in [0.2, 0.25) is 0 Å². The molecule has 0 fully saturated rings. The second-order valence-corrected chi connectivity index (χ2v) is 2.65. The van der Waals surface area contributed by atoms with Gasteiger partial charge in [-0.1, -0.05) is 19.4 Å². The maximum Gasteiger partial charge on any atom is 0.244 e. The predicted molar refractivity (Wildman–Crippen MR) is 49.4 cm³/mol. The van der Waals surface area contributed by atoms with Crippen LogP contribution in [-0.2, 0) is 4.79 Å². The number of nitrogens with one attached hydrogen (secondary N) is 1. The molecule has 4 heteroatoms. The number of carbonyl (C=O) groups is 1. The van der Waals surface area contributed by atoms with Crippen molar-refractivity contribution >= 4 is 5.91 Å². The van der Waals surface area contributed by atoms with E-state index in [0.717, 1.165) is 19.4 Å². The van der Waals surface area contributed by atoms with Gasteiger partial charge in [-0.3, -0.25) is 4.79 Å². The molecule has 0 aliphatic carbocycles. The Bertz CT molecular complexity index is 163. The van der Waals surface area contributed by atoms with Gasteiger partial charge in [0.1, 0.15) is 0 Å². The zero-order valence-electron chi connectivity index (χ0n) is 8.40. The molecule has 0 radical (unpaired) electrons. The van der Waals surface area contributed by atoms with Crippen LogP contribution in [-0.4, -0.2) is 19.0 Å². The summed E-state index contributed by atoms with van der Waals surface area (Å²) in [5.74, 6) is 0.0114. The largest absolute Gasteiger partial charge is 1.00 e. The van der Waals surface area contributed by atoms with Gasteiger partial charge in [0.2, 0.25) is 5.91 Å². The summed E-state index contributed by atoms with van der Waals surface area (Å²) in [6, 6.07) is 0.